The monoisotopic (exact) mass is 289 g/mol. The number of alkyl halides is 6. The maximum Gasteiger partial charge on any atom is 0.423 e. The summed E-state index contributed by atoms with van der Waals surface area (Å²) in [4.78, 5) is 11.3. The van der Waals surface area contributed by atoms with Crippen molar-refractivity contribution in [2.24, 2.45) is 7.05 Å². The predicted molar refractivity (Wildman–Crippen MR) is 51.6 cm³/mol. The Kier molecular flexibility index (Phi) is 4.28. The van der Waals surface area contributed by atoms with Crippen LogP contribution in [0.25, 0.3) is 0 Å². The second-order valence-electron chi connectivity index (χ2n) is 3.76. The van der Waals surface area contributed by atoms with Crippen molar-refractivity contribution >= 4 is 5.78 Å². The zero-order chi connectivity index (χ0) is 14.8. The van der Waals surface area contributed by atoms with Crippen LogP contribution in [0.5, 0.6) is 0 Å². The molecule has 0 bridgehead atoms. The minimum Gasteiger partial charge on any atom is -0.357 e. The van der Waals surface area contributed by atoms with E-state index < -0.39 is 30.8 Å². The lowest BCUT2D eigenvalue weighted by atomic mass is 10.2. The van der Waals surface area contributed by atoms with Gasteiger partial charge in [0.1, 0.15) is 6.61 Å². The first-order chi connectivity index (χ1) is 8.51. The first-order valence-electron chi connectivity index (χ1n) is 4.92. The Bertz CT molecular complexity index is 434. The average Bonchev–Trinajstić information content (AvgIpc) is 2.60. The van der Waals surface area contributed by atoms with Crippen LogP contribution in [0, 0.1) is 0 Å². The first-order valence-corrected chi connectivity index (χ1v) is 4.92. The second kappa shape index (κ2) is 5.24. The summed E-state index contributed by atoms with van der Waals surface area (Å²) in [7, 11) is 1.55. The molecule has 0 radical (unpaired) electrons. The smallest absolute Gasteiger partial charge is 0.357 e. The van der Waals surface area contributed by atoms with Gasteiger partial charge in [0.2, 0.25) is 6.10 Å². The molecule has 1 rings (SSSR count). The molecule has 1 aromatic heterocycles. The van der Waals surface area contributed by atoms with E-state index in [-0.39, 0.29) is 5.56 Å². The van der Waals surface area contributed by atoms with Gasteiger partial charge >= 0.3 is 12.4 Å². The summed E-state index contributed by atoms with van der Waals surface area (Å²) in [5, 5.41) is 0. The van der Waals surface area contributed by atoms with Crippen LogP contribution in [-0.4, -0.2) is 35.4 Å². The number of ether oxygens (including phenoxy) is 1. The van der Waals surface area contributed by atoms with E-state index in [9.17, 15) is 31.1 Å². The maximum absolute atomic E-state index is 12.1. The van der Waals surface area contributed by atoms with Crippen LogP contribution in [-0.2, 0) is 11.8 Å². The molecular formula is C10H9F6NO2. The lowest BCUT2D eigenvalue weighted by Gasteiger charge is -2.22. The third kappa shape index (κ3) is 4.27. The van der Waals surface area contributed by atoms with Crippen molar-refractivity contribution in [3.63, 3.8) is 0 Å². The lowest BCUT2D eigenvalue weighted by molar-refractivity contribution is -0.318. The van der Waals surface area contributed by atoms with Gasteiger partial charge in [-0.3, -0.25) is 4.79 Å². The van der Waals surface area contributed by atoms with Crippen LogP contribution >= 0.6 is 0 Å². The number of hydrogen-bond donors (Lipinski definition) is 0. The fourth-order valence-corrected chi connectivity index (χ4v) is 1.29. The molecule has 1 heterocycles. The standard InChI is InChI=1S/C10H9F6NO2/c1-17-3-2-6(4-17)7(18)5-19-8(9(11,12)13)10(14,15)16/h2-4,8H,5H2,1H3. The van der Waals surface area contributed by atoms with Crippen molar-refractivity contribution in [3.8, 4) is 0 Å². The first kappa shape index (κ1) is 15.5. The van der Waals surface area contributed by atoms with Crippen LogP contribution in [0.4, 0.5) is 26.3 Å². The molecule has 0 N–H and O–H groups in total. The Hall–Kier alpha value is -1.51. The highest BCUT2D eigenvalue weighted by Gasteiger charge is 2.58. The number of carbonyl (C=O) groups excluding carboxylic acids is 1. The summed E-state index contributed by atoms with van der Waals surface area (Å²) in [5.74, 6) is -0.959. The SMILES string of the molecule is Cn1ccc(C(=O)COC(C(F)(F)F)C(F)(F)F)c1. The molecule has 0 aliphatic heterocycles. The zero-order valence-corrected chi connectivity index (χ0v) is 9.55. The molecule has 0 aromatic carbocycles. The van der Waals surface area contributed by atoms with Gasteiger partial charge in [0.15, 0.2) is 5.78 Å². The van der Waals surface area contributed by atoms with E-state index in [1.807, 2.05) is 0 Å². The molecule has 0 aliphatic rings. The normalized spacial score (nSPS) is 13.1. The predicted octanol–water partition coefficient (Wildman–Crippen LogP) is 2.72. The van der Waals surface area contributed by atoms with Crippen molar-refractivity contribution in [1.82, 2.24) is 4.57 Å². The quantitative estimate of drug-likeness (QED) is 0.630. The van der Waals surface area contributed by atoms with E-state index >= 15 is 0 Å². The molecule has 3 nitrogen and oxygen atoms in total. The molecule has 0 atom stereocenters. The number of halogens is 6. The van der Waals surface area contributed by atoms with Crippen molar-refractivity contribution in [2.45, 2.75) is 18.5 Å². The average molecular weight is 289 g/mol. The number of nitrogens with zero attached hydrogens (tertiary/aromatic N) is 1. The minimum absolute atomic E-state index is 0.0226. The minimum atomic E-state index is -5.62. The number of hydrogen-bond acceptors (Lipinski definition) is 2. The van der Waals surface area contributed by atoms with Gasteiger partial charge in [-0.1, -0.05) is 0 Å². The molecule has 0 saturated heterocycles. The Morgan fingerprint density at radius 2 is 1.79 bits per heavy atom. The van der Waals surface area contributed by atoms with Gasteiger partial charge in [-0.2, -0.15) is 26.3 Å². The Morgan fingerprint density at radius 3 is 2.16 bits per heavy atom. The summed E-state index contributed by atoms with van der Waals surface area (Å²) < 4.78 is 77.8. The van der Waals surface area contributed by atoms with Crippen molar-refractivity contribution in [1.29, 1.82) is 0 Å². The third-order valence-corrected chi connectivity index (χ3v) is 2.13. The van der Waals surface area contributed by atoms with Crippen LogP contribution < -0.4 is 0 Å². The van der Waals surface area contributed by atoms with E-state index in [1.54, 1.807) is 7.05 Å². The highest BCUT2D eigenvalue weighted by Crippen LogP contribution is 2.35. The lowest BCUT2D eigenvalue weighted by Crippen LogP contribution is -2.45. The number of aryl methyl sites for hydroxylation is 1. The van der Waals surface area contributed by atoms with Crippen molar-refractivity contribution < 1.29 is 35.9 Å². The fraction of sp³-hybridized carbons (Fsp3) is 0.500. The van der Waals surface area contributed by atoms with Gasteiger partial charge in [-0.15, -0.1) is 0 Å². The van der Waals surface area contributed by atoms with Gasteiger partial charge in [-0.05, 0) is 6.07 Å². The van der Waals surface area contributed by atoms with E-state index in [0.717, 1.165) is 0 Å². The van der Waals surface area contributed by atoms with Crippen LogP contribution in [0.1, 0.15) is 10.4 Å². The molecule has 19 heavy (non-hydrogen) atoms. The maximum atomic E-state index is 12.1. The molecule has 9 heteroatoms. The molecular weight excluding hydrogens is 280 g/mol. The summed E-state index contributed by atoms with van der Waals surface area (Å²) >= 11 is 0. The fourth-order valence-electron chi connectivity index (χ4n) is 1.29. The highest BCUT2D eigenvalue weighted by atomic mass is 19.4. The van der Waals surface area contributed by atoms with E-state index in [0.29, 0.717) is 0 Å². The molecule has 108 valence electrons. The second-order valence-corrected chi connectivity index (χ2v) is 3.76. The largest absolute Gasteiger partial charge is 0.423 e. The number of ketones is 1. The molecule has 0 aliphatic carbocycles. The molecule has 0 fully saturated rings. The number of aromatic nitrogens is 1. The molecule has 1 aromatic rings. The van der Waals surface area contributed by atoms with Crippen LogP contribution in [0.3, 0.4) is 0 Å². The third-order valence-electron chi connectivity index (χ3n) is 2.13. The van der Waals surface area contributed by atoms with Crippen molar-refractivity contribution in [2.75, 3.05) is 6.61 Å². The number of rotatable bonds is 4. The Labute approximate surface area is 103 Å². The van der Waals surface area contributed by atoms with Gasteiger partial charge in [0.05, 0.1) is 0 Å². The topological polar surface area (TPSA) is 31.2 Å². The Morgan fingerprint density at radius 1 is 1.26 bits per heavy atom. The molecule has 0 unspecified atom stereocenters. The highest BCUT2D eigenvalue weighted by molar-refractivity contribution is 5.96. The molecule has 0 spiro atoms. The van der Waals surface area contributed by atoms with E-state index in [4.69, 9.17) is 0 Å². The molecule has 0 saturated carbocycles. The van der Waals surface area contributed by atoms with Crippen LogP contribution in [0.15, 0.2) is 18.5 Å². The van der Waals surface area contributed by atoms with Crippen LogP contribution in [0.2, 0.25) is 0 Å². The molecule has 0 amide bonds. The van der Waals surface area contributed by atoms with E-state index in [1.165, 1.54) is 23.0 Å². The van der Waals surface area contributed by atoms with Gasteiger partial charge in [-0.25, -0.2) is 0 Å². The number of carbonyl (C=O) groups is 1. The zero-order valence-electron chi connectivity index (χ0n) is 9.55. The van der Waals surface area contributed by atoms with Gasteiger partial charge < -0.3 is 9.30 Å². The van der Waals surface area contributed by atoms with Gasteiger partial charge in [0.25, 0.3) is 0 Å². The number of Topliss-reactive ketones (excluding diaryl/α,β-unsaturated/α-hetero) is 1. The summed E-state index contributed by atoms with van der Waals surface area (Å²) in [6.45, 7) is -1.30. The van der Waals surface area contributed by atoms with Crippen molar-refractivity contribution in [3.05, 3.63) is 24.0 Å². The van der Waals surface area contributed by atoms with E-state index in [2.05, 4.69) is 4.74 Å². The summed E-state index contributed by atoms with van der Waals surface area (Å²) in [5.41, 5.74) is -0.0226. The summed E-state index contributed by atoms with van der Waals surface area (Å²) in [6, 6.07) is 1.27. The van der Waals surface area contributed by atoms with Gasteiger partial charge in [0, 0.05) is 25.0 Å². The summed E-state index contributed by atoms with van der Waals surface area (Å²) in [6.07, 6.45) is -12.5. The Balaban J connectivity index is 2.70.